The zero-order valence-corrected chi connectivity index (χ0v) is 19.4. The predicted molar refractivity (Wildman–Crippen MR) is 135 cm³/mol. The average Bonchev–Trinajstić information content (AvgIpc) is 3.53. The lowest BCUT2D eigenvalue weighted by Gasteiger charge is -2.10. The van der Waals surface area contributed by atoms with Gasteiger partial charge in [-0.05, 0) is 58.2 Å². The SMILES string of the molecule is CCCCc1cn(-c2ccccc2N)c(=O)n1Cc1ccc(-c2ccncc2-c2nnn[nH]2)cc1. The maximum absolute atomic E-state index is 13.4. The van der Waals surface area contributed by atoms with Gasteiger partial charge in [0.05, 0.1) is 17.9 Å². The number of H-pyrrole nitrogens is 1. The molecule has 0 fully saturated rings. The minimum Gasteiger partial charge on any atom is -0.397 e. The number of unbranched alkanes of at least 4 members (excludes halogenated alkanes) is 1. The molecule has 2 aromatic carbocycles. The Bertz CT molecular complexity index is 1480. The molecule has 3 heterocycles. The van der Waals surface area contributed by atoms with Crippen molar-refractivity contribution in [3.05, 3.63) is 94.9 Å². The highest BCUT2D eigenvalue weighted by atomic mass is 16.1. The lowest BCUT2D eigenvalue weighted by molar-refractivity contribution is 0.674. The van der Waals surface area contributed by atoms with E-state index in [1.165, 1.54) is 0 Å². The number of aryl methyl sites for hydroxylation is 1. The van der Waals surface area contributed by atoms with Crippen molar-refractivity contribution in [2.45, 2.75) is 32.7 Å². The van der Waals surface area contributed by atoms with Gasteiger partial charge in [-0.2, -0.15) is 0 Å². The molecule has 0 aliphatic heterocycles. The Morgan fingerprint density at radius 2 is 1.86 bits per heavy atom. The van der Waals surface area contributed by atoms with Crippen LogP contribution in [0.3, 0.4) is 0 Å². The highest BCUT2D eigenvalue weighted by molar-refractivity contribution is 5.79. The third-order valence-corrected chi connectivity index (χ3v) is 6.07. The number of aromatic nitrogens is 7. The van der Waals surface area contributed by atoms with E-state index in [2.05, 4.69) is 32.5 Å². The lowest BCUT2D eigenvalue weighted by atomic mass is 10.00. The molecule has 0 bridgehead atoms. The number of tetrazole rings is 1. The van der Waals surface area contributed by atoms with Crippen molar-refractivity contribution in [2.24, 2.45) is 0 Å². The van der Waals surface area contributed by atoms with Crippen LogP contribution in [0.5, 0.6) is 0 Å². The van der Waals surface area contributed by atoms with E-state index in [-0.39, 0.29) is 5.69 Å². The second kappa shape index (κ2) is 9.76. The first kappa shape index (κ1) is 22.3. The number of hydrogen-bond acceptors (Lipinski definition) is 6. The number of rotatable bonds is 8. The van der Waals surface area contributed by atoms with Gasteiger partial charge < -0.3 is 5.73 Å². The molecule has 0 saturated carbocycles. The first-order chi connectivity index (χ1) is 17.2. The number of anilines is 1. The molecule has 0 saturated heterocycles. The van der Waals surface area contributed by atoms with Crippen molar-refractivity contribution in [3.63, 3.8) is 0 Å². The molecule has 5 rings (SSSR count). The first-order valence-corrected chi connectivity index (χ1v) is 11.6. The van der Waals surface area contributed by atoms with Gasteiger partial charge in [0.2, 0.25) is 0 Å². The fourth-order valence-corrected chi connectivity index (χ4v) is 4.21. The minimum atomic E-state index is -0.0904. The van der Waals surface area contributed by atoms with Gasteiger partial charge in [-0.3, -0.25) is 14.1 Å². The topological polar surface area (TPSA) is 120 Å². The summed E-state index contributed by atoms with van der Waals surface area (Å²) in [5.41, 5.74) is 12.2. The van der Waals surface area contributed by atoms with Crippen LogP contribution in [0.15, 0.2) is 78.0 Å². The van der Waals surface area contributed by atoms with E-state index in [9.17, 15) is 4.79 Å². The molecule has 0 spiro atoms. The Morgan fingerprint density at radius 1 is 1.03 bits per heavy atom. The van der Waals surface area contributed by atoms with Crippen LogP contribution >= 0.6 is 0 Å². The summed E-state index contributed by atoms with van der Waals surface area (Å²) < 4.78 is 3.50. The summed E-state index contributed by atoms with van der Waals surface area (Å²) in [7, 11) is 0. The number of nitrogens with zero attached hydrogens (tertiary/aromatic N) is 6. The third-order valence-electron chi connectivity index (χ3n) is 6.07. The Kier molecular flexibility index (Phi) is 6.21. The summed E-state index contributed by atoms with van der Waals surface area (Å²) in [6, 6.07) is 17.6. The van der Waals surface area contributed by atoms with E-state index in [0.29, 0.717) is 23.7 Å². The van der Waals surface area contributed by atoms with Crippen LogP contribution in [0.25, 0.3) is 28.2 Å². The first-order valence-electron chi connectivity index (χ1n) is 11.6. The van der Waals surface area contributed by atoms with E-state index in [0.717, 1.165) is 47.2 Å². The number of aromatic amines is 1. The number of nitrogen functional groups attached to an aromatic ring is 1. The van der Waals surface area contributed by atoms with Gasteiger partial charge in [-0.25, -0.2) is 9.89 Å². The second-order valence-electron chi connectivity index (χ2n) is 8.39. The Balaban J connectivity index is 1.47. The molecule has 0 radical (unpaired) electrons. The van der Waals surface area contributed by atoms with Gasteiger partial charge in [0.25, 0.3) is 0 Å². The van der Waals surface area contributed by atoms with Crippen molar-refractivity contribution in [1.82, 2.24) is 34.7 Å². The van der Waals surface area contributed by atoms with Gasteiger partial charge in [0.15, 0.2) is 5.82 Å². The molecule has 0 amide bonds. The number of benzene rings is 2. The van der Waals surface area contributed by atoms with Crippen LogP contribution in [0.4, 0.5) is 5.69 Å². The summed E-state index contributed by atoms with van der Waals surface area (Å²) in [5, 5.41) is 14.2. The third kappa shape index (κ3) is 4.48. The molecule has 5 aromatic rings. The van der Waals surface area contributed by atoms with Crippen LogP contribution in [0.2, 0.25) is 0 Å². The monoisotopic (exact) mass is 466 g/mol. The van der Waals surface area contributed by atoms with Crippen molar-refractivity contribution in [1.29, 1.82) is 0 Å². The highest BCUT2D eigenvalue weighted by Crippen LogP contribution is 2.29. The maximum atomic E-state index is 13.4. The zero-order chi connectivity index (χ0) is 24.2. The molecule has 3 N–H and O–H groups in total. The van der Waals surface area contributed by atoms with Crippen LogP contribution in [-0.4, -0.2) is 34.7 Å². The number of hydrogen-bond donors (Lipinski definition) is 2. The van der Waals surface area contributed by atoms with Crippen LogP contribution in [0, 0.1) is 0 Å². The average molecular weight is 467 g/mol. The minimum absolute atomic E-state index is 0.0904. The fourth-order valence-electron chi connectivity index (χ4n) is 4.21. The highest BCUT2D eigenvalue weighted by Gasteiger charge is 2.15. The Morgan fingerprint density at radius 3 is 2.60 bits per heavy atom. The normalized spacial score (nSPS) is 11.1. The van der Waals surface area contributed by atoms with Crippen LogP contribution in [0.1, 0.15) is 31.0 Å². The van der Waals surface area contributed by atoms with Crippen LogP contribution in [-0.2, 0) is 13.0 Å². The fraction of sp³-hybridized carbons (Fsp3) is 0.192. The van der Waals surface area contributed by atoms with E-state index < -0.39 is 0 Å². The van der Waals surface area contributed by atoms with Crippen molar-refractivity contribution in [3.8, 4) is 28.2 Å². The smallest absolute Gasteiger partial charge is 0.333 e. The van der Waals surface area contributed by atoms with Crippen molar-refractivity contribution >= 4 is 5.69 Å². The quantitative estimate of drug-likeness (QED) is 0.335. The molecule has 176 valence electrons. The Labute approximate surface area is 202 Å². The summed E-state index contributed by atoms with van der Waals surface area (Å²) in [5.74, 6) is 0.561. The standard InChI is InChI=1S/C26H26N8O/c1-2-3-6-20-17-34(24-8-5-4-7-23(24)27)26(35)33(20)16-18-9-11-19(12-10-18)21-13-14-28-15-22(21)25-29-31-32-30-25/h4-5,7-15,17H,2-3,6,16,27H2,1H3,(H,29,30,31,32). The predicted octanol–water partition coefficient (Wildman–Crippen LogP) is 3.85. The number of pyridine rings is 1. The molecule has 0 unspecified atom stereocenters. The van der Waals surface area contributed by atoms with Gasteiger partial charge in [0, 0.05) is 29.8 Å². The molecule has 0 aliphatic carbocycles. The lowest BCUT2D eigenvalue weighted by Crippen LogP contribution is -2.25. The molecule has 35 heavy (non-hydrogen) atoms. The molecular formula is C26H26N8O. The summed E-state index contributed by atoms with van der Waals surface area (Å²) in [4.78, 5) is 17.6. The molecule has 0 atom stereocenters. The Hall–Kier alpha value is -4.53. The van der Waals surface area contributed by atoms with Gasteiger partial charge in [-0.15, -0.1) is 5.10 Å². The van der Waals surface area contributed by atoms with E-state index in [4.69, 9.17) is 5.73 Å². The summed E-state index contributed by atoms with van der Waals surface area (Å²) in [6.07, 6.45) is 8.30. The van der Waals surface area contributed by atoms with E-state index in [1.807, 2.05) is 65.4 Å². The molecule has 9 nitrogen and oxygen atoms in total. The summed E-state index contributed by atoms with van der Waals surface area (Å²) in [6.45, 7) is 2.63. The zero-order valence-electron chi connectivity index (χ0n) is 19.4. The molecular weight excluding hydrogens is 440 g/mol. The number of imidazole rings is 1. The van der Waals surface area contributed by atoms with Crippen molar-refractivity contribution < 1.29 is 0 Å². The summed E-state index contributed by atoms with van der Waals surface area (Å²) >= 11 is 0. The second-order valence-corrected chi connectivity index (χ2v) is 8.39. The number of para-hydroxylation sites is 2. The molecule has 3 aromatic heterocycles. The van der Waals surface area contributed by atoms with Crippen molar-refractivity contribution in [2.75, 3.05) is 5.73 Å². The van der Waals surface area contributed by atoms with Gasteiger partial charge in [-0.1, -0.05) is 49.7 Å². The van der Waals surface area contributed by atoms with E-state index >= 15 is 0 Å². The van der Waals surface area contributed by atoms with Crippen LogP contribution < -0.4 is 11.4 Å². The van der Waals surface area contributed by atoms with Gasteiger partial charge in [0.1, 0.15) is 0 Å². The number of nitrogens with two attached hydrogens (primary N) is 1. The van der Waals surface area contributed by atoms with Gasteiger partial charge >= 0.3 is 5.69 Å². The number of nitrogens with one attached hydrogen (secondary N) is 1. The largest absolute Gasteiger partial charge is 0.397 e. The molecule has 9 heteroatoms. The maximum Gasteiger partial charge on any atom is 0.333 e. The molecule has 0 aliphatic rings. The van der Waals surface area contributed by atoms with E-state index in [1.54, 1.807) is 17.0 Å².